The molecule has 0 saturated heterocycles. The van der Waals surface area contributed by atoms with Gasteiger partial charge >= 0.3 is 5.97 Å². The monoisotopic (exact) mass is 378 g/mol. The molecule has 1 heterocycles. The Bertz CT molecular complexity index is 997. The second-order valence-corrected chi connectivity index (χ2v) is 5.89. The molecule has 0 aliphatic carbocycles. The average Bonchev–Trinajstić information content (AvgIpc) is 2.60. The molecule has 0 fully saturated rings. The van der Waals surface area contributed by atoms with E-state index in [4.69, 9.17) is 27.9 Å². The SMILES string of the molecule is COC(=O)c1ccc2c(=O)[nH]c(COc3c(Cl)cccc3Cl)nc2c1. The molecule has 0 radical (unpaired) electrons. The molecule has 0 amide bonds. The highest BCUT2D eigenvalue weighted by Crippen LogP contribution is 2.32. The number of rotatable bonds is 4. The fourth-order valence-corrected chi connectivity index (χ4v) is 2.77. The molecule has 128 valence electrons. The van der Waals surface area contributed by atoms with Crippen molar-refractivity contribution in [3.63, 3.8) is 0 Å². The van der Waals surface area contributed by atoms with Gasteiger partial charge in [0.25, 0.3) is 5.56 Å². The number of aromatic nitrogens is 2. The van der Waals surface area contributed by atoms with E-state index >= 15 is 0 Å². The van der Waals surface area contributed by atoms with Crippen molar-refractivity contribution in [1.29, 1.82) is 0 Å². The maximum Gasteiger partial charge on any atom is 0.337 e. The van der Waals surface area contributed by atoms with Crippen LogP contribution in [0.15, 0.2) is 41.2 Å². The van der Waals surface area contributed by atoms with Crippen LogP contribution in [0.4, 0.5) is 0 Å². The summed E-state index contributed by atoms with van der Waals surface area (Å²) in [5.74, 6) is 0.0667. The molecule has 0 bridgehead atoms. The van der Waals surface area contributed by atoms with Gasteiger partial charge in [0, 0.05) is 0 Å². The van der Waals surface area contributed by atoms with Crippen LogP contribution in [0.2, 0.25) is 10.0 Å². The normalized spacial score (nSPS) is 10.7. The largest absolute Gasteiger partial charge is 0.483 e. The number of halogens is 2. The molecular formula is C17H12Cl2N2O4. The lowest BCUT2D eigenvalue weighted by atomic mass is 10.1. The fraction of sp³-hybridized carbons (Fsp3) is 0.118. The summed E-state index contributed by atoms with van der Waals surface area (Å²) in [6.07, 6.45) is 0. The van der Waals surface area contributed by atoms with Crippen LogP contribution in [0.5, 0.6) is 5.75 Å². The quantitative estimate of drug-likeness (QED) is 0.701. The van der Waals surface area contributed by atoms with E-state index < -0.39 is 5.97 Å². The first kappa shape index (κ1) is 17.3. The van der Waals surface area contributed by atoms with Crippen LogP contribution in [0.1, 0.15) is 16.2 Å². The summed E-state index contributed by atoms with van der Waals surface area (Å²) < 4.78 is 10.2. The van der Waals surface area contributed by atoms with E-state index in [9.17, 15) is 9.59 Å². The van der Waals surface area contributed by atoms with E-state index in [1.807, 2.05) is 0 Å². The van der Waals surface area contributed by atoms with Gasteiger partial charge in [-0.05, 0) is 30.3 Å². The summed E-state index contributed by atoms with van der Waals surface area (Å²) in [4.78, 5) is 30.7. The molecule has 0 aliphatic rings. The minimum atomic E-state index is -0.510. The molecule has 0 aliphatic heterocycles. The highest BCUT2D eigenvalue weighted by atomic mass is 35.5. The Morgan fingerprint density at radius 1 is 1.20 bits per heavy atom. The van der Waals surface area contributed by atoms with E-state index in [-0.39, 0.29) is 18.0 Å². The van der Waals surface area contributed by atoms with Crippen LogP contribution in [-0.2, 0) is 11.3 Å². The van der Waals surface area contributed by atoms with Crippen LogP contribution < -0.4 is 10.3 Å². The maximum absolute atomic E-state index is 12.2. The zero-order valence-electron chi connectivity index (χ0n) is 13.0. The Kier molecular flexibility index (Phi) is 4.92. The molecule has 1 aromatic heterocycles. The van der Waals surface area contributed by atoms with Crippen LogP contribution in [0.25, 0.3) is 10.9 Å². The Labute approximate surface area is 152 Å². The van der Waals surface area contributed by atoms with Crippen molar-refractivity contribution in [2.24, 2.45) is 0 Å². The van der Waals surface area contributed by atoms with E-state index in [1.54, 1.807) is 18.2 Å². The van der Waals surface area contributed by atoms with Crippen LogP contribution in [0.3, 0.4) is 0 Å². The molecule has 2 aromatic carbocycles. The third-order valence-corrected chi connectivity index (χ3v) is 4.04. The van der Waals surface area contributed by atoms with Crippen molar-refractivity contribution in [2.75, 3.05) is 7.11 Å². The van der Waals surface area contributed by atoms with Gasteiger partial charge in [0.1, 0.15) is 12.4 Å². The smallest absolute Gasteiger partial charge is 0.337 e. The minimum Gasteiger partial charge on any atom is -0.483 e. The van der Waals surface area contributed by atoms with Gasteiger partial charge in [0.05, 0.1) is 33.6 Å². The summed E-state index contributed by atoms with van der Waals surface area (Å²) in [5, 5.41) is 1.06. The number of aromatic amines is 1. The van der Waals surface area contributed by atoms with Crippen LogP contribution >= 0.6 is 23.2 Å². The van der Waals surface area contributed by atoms with Gasteiger partial charge in [0.15, 0.2) is 5.75 Å². The summed E-state index contributed by atoms with van der Waals surface area (Å²) in [6.45, 7) is -0.0446. The number of hydrogen-bond donors (Lipinski definition) is 1. The van der Waals surface area contributed by atoms with Gasteiger partial charge < -0.3 is 14.5 Å². The number of carbonyl (C=O) groups is 1. The summed E-state index contributed by atoms with van der Waals surface area (Å²) in [6, 6.07) is 9.49. The van der Waals surface area contributed by atoms with Gasteiger partial charge in [-0.15, -0.1) is 0 Å². The number of para-hydroxylation sites is 1. The van der Waals surface area contributed by atoms with E-state index in [1.165, 1.54) is 25.3 Å². The average molecular weight is 379 g/mol. The molecule has 0 spiro atoms. The lowest BCUT2D eigenvalue weighted by Gasteiger charge is -2.09. The molecule has 6 nitrogen and oxygen atoms in total. The first-order valence-electron chi connectivity index (χ1n) is 7.17. The van der Waals surface area contributed by atoms with Gasteiger partial charge in [-0.25, -0.2) is 9.78 Å². The molecule has 0 unspecified atom stereocenters. The van der Waals surface area contributed by atoms with E-state index in [0.717, 1.165) is 0 Å². The van der Waals surface area contributed by atoms with Crippen LogP contribution in [-0.4, -0.2) is 23.0 Å². The molecular weight excluding hydrogens is 367 g/mol. The topological polar surface area (TPSA) is 81.3 Å². The van der Waals surface area contributed by atoms with Gasteiger partial charge in [0.2, 0.25) is 0 Å². The number of nitrogens with one attached hydrogen (secondary N) is 1. The third-order valence-electron chi connectivity index (χ3n) is 3.45. The van der Waals surface area contributed by atoms with Crippen LogP contribution in [0, 0.1) is 0 Å². The lowest BCUT2D eigenvalue weighted by molar-refractivity contribution is 0.0601. The zero-order chi connectivity index (χ0) is 18.0. The second kappa shape index (κ2) is 7.13. The second-order valence-electron chi connectivity index (χ2n) is 5.08. The number of H-pyrrole nitrogens is 1. The summed E-state index contributed by atoms with van der Waals surface area (Å²) in [7, 11) is 1.28. The standard InChI is InChI=1S/C17H12Cl2N2O4/c1-24-17(23)9-5-6-10-13(7-9)20-14(21-16(10)22)8-25-15-11(18)3-2-4-12(15)19/h2-7H,8H2,1H3,(H,20,21,22). The number of ether oxygens (including phenoxy) is 2. The summed E-state index contributed by atoms with van der Waals surface area (Å²) in [5.41, 5.74) is 0.315. The van der Waals surface area contributed by atoms with Crippen molar-refractivity contribution in [3.8, 4) is 5.75 Å². The Morgan fingerprint density at radius 3 is 2.60 bits per heavy atom. The molecule has 3 aromatic rings. The first-order chi connectivity index (χ1) is 12.0. The third kappa shape index (κ3) is 3.60. The predicted octanol–water partition coefficient (Wildman–Crippen LogP) is 3.60. The maximum atomic E-state index is 12.2. The Morgan fingerprint density at radius 2 is 1.92 bits per heavy atom. The number of methoxy groups -OCH3 is 1. The predicted molar refractivity (Wildman–Crippen MR) is 94.5 cm³/mol. The molecule has 25 heavy (non-hydrogen) atoms. The molecule has 3 rings (SSSR count). The van der Waals surface area contributed by atoms with Crippen molar-refractivity contribution < 1.29 is 14.3 Å². The number of benzene rings is 2. The fourth-order valence-electron chi connectivity index (χ4n) is 2.26. The number of hydrogen-bond acceptors (Lipinski definition) is 5. The molecule has 8 heteroatoms. The zero-order valence-corrected chi connectivity index (χ0v) is 14.5. The molecule has 0 atom stereocenters. The Hall–Kier alpha value is -2.57. The highest BCUT2D eigenvalue weighted by Gasteiger charge is 2.11. The number of nitrogens with zero attached hydrogens (tertiary/aromatic N) is 1. The van der Waals surface area contributed by atoms with Crippen molar-refractivity contribution in [1.82, 2.24) is 9.97 Å². The minimum absolute atomic E-state index is 0.0446. The number of esters is 1. The van der Waals surface area contributed by atoms with Gasteiger partial charge in [-0.3, -0.25) is 4.79 Å². The Balaban J connectivity index is 1.94. The van der Waals surface area contributed by atoms with Crippen molar-refractivity contribution in [3.05, 3.63) is 68.2 Å². The lowest BCUT2D eigenvalue weighted by Crippen LogP contribution is -2.14. The van der Waals surface area contributed by atoms with Gasteiger partial charge in [-0.2, -0.15) is 0 Å². The molecule has 1 N–H and O–H groups in total. The summed E-state index contributed by atoms with van der Waals surface area (Å²) >= 11 is 12.1. The van der Waals surface area contributed by atoms with Gasteiger partial charge in [-0.1, -0.05) is 29.3 Å². The first-order valence-corrected chi connectivity index (χ1v) is 7.93. The van der Waals surface area contributed by atoms with E-state index in [0.29, 0.717) is 32.3 Å². The van der Waals surface area contributed by atoms with E-state index in [2.05, 4.69) is 14.7 Å². The van der Waals surface area contributed by atoms with Crippen molar-refractivity contribution in [2.45, 2.75) is 6.61 Å². The number of carbonyl (C=O) groups excluding carboxylic acids is 1. The number of fused-ring (bicyclic) bond motifs is 1. The van der Waals surface area contributed by atoms with Crippen molar-refractivity contribution >= 4 is 40.1 Å². The molecule has 0 saturated carbocycles. The highest BCUT2D eigenvalue weighted by molar-refractivity contribution is 6.37.